The summed E-state index contributed by atoms with van der Waals surface area (Å²) in [4.78, 5) is 8.33. The van der Waals surface area contributed by atoms with Crippen molar-refractivity contribution in [2.45, 2.75) is 25.5 Å². The van der Waals surface area contributed by atoms with E-state index in [-0.39, 0.29) is 35.9 Å². The Morgan fingerprint density at radius 2 is 1.92 bits per heavy atom. The zero-order valence-electron chi connectivity index (χ0n) is 14.2. The van der Waals surface area contributed by atoms with E-state index in [9.17, 15) is 9.50 Å². The topological polar surface area (TPSA) is 74.3 Å². The van der Waals surface area contributed by atoms with Gasteiger partial charge in [-0.25, -0.2) is 9.38 Å². The van der Waals surface area contributed by atoms with Gasteiger partial charge in [-0.2, -0.15) is 0 Å². The maximum Gasteiger partial charge on any atom is 0.191 e. The van der Waals surface area contributed by atoms with Crippen molar-refractivity contribution in [2.75, 3.05) is 44.3 Å². The van der Waals surface area contributed by atoms with E-state index in [0.29, 0.717) is 57.3 Å². The highest BCUT2D eigenvalue weighted by Crippen LogP contribution is 2.24. The van der Waals surface area contributed by atoms with Crippen molar-refractivity contribution in [3.63, 3.8) is 0 Å². The van der Waals surface area contributed by atoms with E-state index in [0.717, 1.165) is 18.7 Å². The van der Waals surface area contributed by atoms with Crippen LogP contribution in [0.15, 0.2) is 23.2 Å². The molecule has 0 spiro atoms. The summed E-state index contributed by atoms with van der Waals surface area (Å²) in [5.74, 6) is 0.233. The first kappa shape index (κ1) is 20.2. The molecule has 2 saturated heterocycles. The number of aliphatic hydroxyl groups excluding tert-OH is 1. The second kappa shape index (κ2) is 9.54. The third-order valence-electron chi connectivity index (χ3n) is 4.58. The van der Waals surface area contributed by atoms with Crippen molar-refractivity contribution in [3.8, 4) is 0 Å². The highest BCUT2D eigenvalue weighted by Gasteiger charge is 2.19. The molecule has 0 aliphatic carbocycles. The molecule has 8 heteroatoms. The van der Waals surface area contributed by atoms with E-state index < -0.39 is 0 Å². The van der Waals surface area contributed by atoms with Gasteiger partial charge >= 0.3 is 0 Å². The third-order valence-corrected chi connectivity index (χ3v) is 4.58. The average Bonchev–Trinajstić information content (AvgIpc) is 2.61. The van der Waals surface area contributed by atoms with Gasteiger partial charge in [-0.1, -0.05) is 6.07 Å². The Hall–Kier alpha value is -1.13. The van der Waals surface area contributed by atoms with Crippen LogP contribution >= 0.6 is 24.0 Å². The molecule has 0 saturated carbocycles. The predicted molar refractivity (Wildman–Crippen MR) is 107 cm³/mol. The molecule has 0 aromatic heterocycles. The molecule has 2 fully saturated rings. The molecule has 1 aromatic rings. The van der Waals surface area contributed by atoms with Crippen molar-refractivity contribution in [3.05, 3.63) is 29.6 Å². The van der Waals surface area contributed by atoms with Crippen LogP contribution in [0.5, 0.6) is 0 Å². The molecule has 0 amide bonds. The van der Waals surface area contributed by atoms with Gasteiger partial charge in [-0.05, 0) is 30.5 Å². The molecule has 25 heavy (non-hydrogen) atoms. The quantitative estimate of drug-likeness (QED) is 0.404. The van der Waals surface area contributed by atoms with Crippen LogP contribution in [0.3, 0.4) is 0 Å². The van der Waals surface area contributed by atoms with Crippen LogP contribution in [-0.4, -0.2) is 61.5 Å². The summed E-state index contributed by atoms with van der Waals surface area (Å²) in [6, 6.07) is 5.21. The van der Waals surface area contributed by atoms with Gasteiger partial charge in [0.1, 0.15) is 5.82 Å². The first-order valence-electron chi connectivity index (χ1n) is 8.47. The predicted octanol–water partition coefficient (Wildman–Crippen LogP) is 1.55. The number of hydrogen-bond acceptors (Lipinski definition) is 4. The molecular formula is C17H26FIN4O2. The van der Waals surface area contributed by atoms with Crippen LogP contribution < -0.4 is 10.6 Å². The van der Waals surface area contributed by atoms with E-state index in [1.165, 1.54) is 6.07 Å². The average molecular weight is 464 g/mol. The molecule has 2 aliphatic heterocycles. The van der Waals surface area contributed by atoms with E-state index in [2.05, 4.69) is 4.99 Å². The third kappa shape index (κ3) is 5.42. The SMILES string of the molecule is I.NC(=NCc1ccc(N2CCC(O)CC2)c(F)c1)N1CCOCC1. The minimum Gasteiger partial charge on any atom is -0.393 e. The van der Waals surface area contributed by atoms with Crippen LogP contribution in [0.1, 0.15) is 18.4 Å². The van der Waals surface area contributed by atoms with Gasteiger partial charge in [-0.15, -0.1) is 24.0 Å². The molecule has 0 bridgehead atoms. The number of hydrogen-bond donors (Lipinski definition) is 2. The summed E-state index contributed by atoms with van der Waals surface area (Å²) < 4.78 is 19.7. The standard InChI is InChI=1S/C17H25FN4O2.HI/c18-15-11-13(12-20-17(19)22-7-9-24-10-8-22)1-2-16(15)21-5-3-14(23)4-6-21;/h1-2,11,14,23H,3-10,12H2,(H2,19,20);1H. The van der Waals surface area contributed by atoms with Crippen molar-refractivity contribution in [1.29, 1.82) is 0 Å². The van der Waals surface area contributed by atoms with Crippen LogP contribution in [0, 0.1) is 5.82 Å². The summed E-state index contributed by atoms with van der Waals surface area (Å²) in [5.41, 5.74) is 7.38. The van der Waals surface area contributed by atoms with Gasteiger partial charge in [0.25, 0.3) is 0 Å². The monoisotopic (exact) mass is 464 g/mol. The zero-order chi connectivity index (χ0) is 16.9. The fraction of sp³-hybridized carbons (Fsp3) is 0.588. The van der Waals surface area contributed by atoms with E-state index in [1.54, 1.807) is 6.07 Å². The Bertz CT molecular complexity index is 588. The van der Waals surface area contributed by atoms with E-state index in [4.69, 9.17) is 10.5 Å². The lowest BCUT2D eigenvalue weighted by Gasteiger charge is -2.31. The number of morpholine rings is 1. The van der Waals surface area contributed by atoms with Gasteiger partial charge in [-0.3, -0.25) is 0 Å². The Morgan fingerprint density at radius 1 is 1.24 bits per heavy atom. The molecule has 3 rings (SSSR count). The molecule has 0 atom stereocenters. The molecular weight excluding hydrogens is 438 g/mol. The first-order valence-corrected chi connectivity index (χ1v) is 8.47. The molecule has 0 radical (unpaired) electrons. The maximum absolute atomic E-state index is 14.4. The summed E-state index contributed by atoms with van der Waals surface area (Å²) in [5, 5.41) is 9.56. The minimum absolute atomic E-state index is 0. The number of aliphatic hydroxyl groups is 1. The van der Waals surface area contributed by atoms with Crippen molar-refractivity contribution in [2.24, 2.45) is 10.7 Å². The van der Waals surface area contributed by atoms with Crippen LogP contribution in [0.25, 0.3) is 0 Å². The molecule has 0 unspecified atom stereocenters. The summed E-state index contributed by atoms with van der Waals surface area (Å²) >= 11 is 0. The number of halogens is 2. The fourth-order valence-electron chi connectivity index (χ4n) is 3.08. The highest BCUT2D eigenvalue weighted by atomic mass is 127. The molecule has 6 nitrogen and oxygen atoms in total. The van der Waals surface area contributed by atoms with Gasteiger partial charge in [0.2, 0.25) is 0 Å². The molecule has 3 N–H and O–H groups in total. The minimum atomic E-state index is -0.263. The van der Waals surface area contributed by atoms with Crippen molar-refractivity contribution < 1.29 is 14.2 Å². The van der Waals surface area contributed by atoms with Gasteiger partial charge in [0, 0.05) is 26.2 Å². The number of benzene rings is 1. The fourth-order valence-corrected chi connectivity index (χ4v) is 3.08. The Kier molecular flexibility index (Phi) is 7.70. The largest absolute Gasteiger partial charge is 0.393 e. The van der Waals surface area contributed by atoms with Crippen LogP contribution in [0.2, 0.25) is 0 Å². The van der Waals surface area contributed by atoms with E-state index in [1.807, 2.05) is 15.9 Å². The van der Waals surface area contributed by atoms with Gasteiger partial charge < -0.3 is 25.4 Å². The Balaban J connectivity index is 0.00000225. The summed E-state index contributed by atoms with van der Waals surface area (Å²) in [6.45, 7) is 4.51. The van der Waals surface area contributed by atoms with Gasteiger partial charge in [0.15, 0.2) is 5.96 Å². The zero-order valence-corrected chi connectivity index (χ0v) is 16.6. The Morgan fingerprint density at radius 3 is 2.56 bits per heavy atom. The summed E-state index contributed by atoms with van der Waals surface area (Å²) in [7, 11) is 0. The Labute approximate surface area is 164 Å². The van der Waals surface area contributed by atoms with Gasteiger partial charge in [0.05, 0.1) is 31.5 Å². The number of ether oxygens (including phenoxy) is 1. The number of anilines is 1. The van der Waals surface area contributed by atoms with Crippen LogP contribution in [0.4, 0.5) is 10.1 Å². The normalized spacial score (nSPS) is 19.7. The smallest absolute Gasteiger partial charge is 0.191 e. The number of aliphatic imine (C=N–C) groups is 1. The number of nitrogens with zero attached hydrogens (tertiary/aromatic N) is 3. The number of piperidine rings is 1. The first-order chi connectivity index (χ1) is 11.6. The second-order valence-corrected chi connectivity index (χ2v) is 6.28. The highest BCUT2D eigenvalue weighted by molar-refractivity contribution is 14.0. The lowest BCUT2D eigenvalue weighted by Crippen LogP contribution is -2.44. The molecule has 2 aliphatic rings. The number of nitrogens with two attached hydrogens (primary N) is 1. The number of guanidine groups is 1. The number of rotatable bonds is 3. The lowest BCUT2D eigenvalue weighted by atomic mass is 10.1. The maximum atomic E-state index is 14.4. The van der Waals surface area contributed by atoms with E-state index >= 15 is 0 Å². The molecule has 140 valence electrons. The lowest BCUT2D eigenvalue weighted by molar-refractivity contribution is 0.0674. The summed E-state index contributed by atoms with van der Waals surface area (Å²) in [6.07, 6.45) is 1.10. The van der Waals surface area contributed by atoms with Crippen molar-refractivity contribution in [1.82, 2.24) is 4.90 Å². The second-order valence-electron chi connectivity index (χ2n) is 6.28. The van der Waals surface area contributed by atoms with Crippen molar-refractivity contribution >= 4 is 35.6 Å². The molecule has 1 aromatic carbocycles. The van der Waals surface area contributed by atoms with Crippen LogP contribution in [-0.2, 0) is 11.3 Å². The molecule has 2 heterocycles.